The van der Waals surface area contributed by atoms with Crippen LogP contribution in [0.2, 0.25) is 0 Å². The number of aliphatic imine (C=N–C) groups is 1. The molecule has 25 heavy (non-hydrogen) atoms. The number of amidine groups is 1. The molecule has 0 aromatic heterocycles. The Morgan fingerprint density at radius 3 is 2.16 bits per heavy atom. The first kappa shape index (κ1) is 18.2. The van der Waals surface area contributed by atoms with Gasteiger partial charge in [0.25, 0.3) is 0 Å². The van der Waals surface area contributed by atoms with Gasteiger partial charge in [0.1, 0.15) is 18.2 Å². The van der Waals surface area contributed by atoms with Gasteiger partial charge in [-0.15, -0.1) is 0 Å². The van der Waals surface area contributed by atoms with E-state index >= 15 is 0 Å². The predicted octanol–water partition coefficient (Wildman–Crippen LogP) is 2.88. The second-order valence-corrected chi connectivity index (χ2v) is 9.17. The fraction of sp³-hybridized carbons (Fsp3) is 0.650. The molecule has 1 fully saturated rings. The van der Waals surface area contributed by atoms with E-state index in [1.165, 1.54) is 0 Å². The first-order valence-electron chi connectivity index (χ1n) is 8.94. The summed E-state index contributed by atoms with van der Waals surface area (Å²) >= 11 is 0. The summed E-state index contributed by atoms with van der Waals surface area (Å²) in [7, 11) is 0. The zero-order valence-electron chi connectivity index (χ0n) is 16.2. The SMILES string of the molecule is CC(C)(C)c1cc(C2(O)CN=C3COCCN32)cc(C(C)(C)C)c1O. The van der Waals surface area contributed by atoms with Gasteiger partial charge in [0.05, 0.1) is 13.2 Å². The monoisotopic (exact) mass is 346 g/mol. The van der Waals surface area contributed by atoms with E-state index in [4.69, 9.17) is 4.74 Å². The molecule has 0 bridgehead atoms. The molecule has 0 aliphatic carbocycles. The molecule has 1 aromatic carbocycles. The smallest absolute Gasteiger partial charge is 0.185 e. The summed E-state index contributed by atoms with van der Waals surface area (Å²) in [4.78, 5) is 6.44. The van der Waals surface area contributed by atoms with Crippen molar-refractivity contribution in [2.45, 2.75) is 58.1 Å². The number of morpholine rings is 1. The number of phenols is 1. The zero-order chi connectivity index (χ0) is 18.6. The highest BCUT2D eigenvalue weighted by atomic mass is 16.5. The molecular weight excluding hydrogens is 316 g/mol. The number of aromatic hydroxyl groups is 1. The second-order valence-electron chi connectivity index (χ2n) is 9.17. The molecule has 1 aromatic rings. The molecule has 0 radical (unpaired) electrons. The quantitative estimate of drug-likeness (QED) is 0.821. The molecule has 1 saturated heterocycles. The van der Waals surface area contributed by atoms with Crippen LogP contribution in [0.1, 0.15) is 58.2 Å². The van der Waals surface area contributed by atoms with Crippen molar-refractivity contribution < 1.29 is 14.9 Å². The molecule has 1 atom stereocenters. The van der Waals surface area contributed by atoms with Gasteiger partial charge in [0.2, 0.25) is 0 Å². The summed E-state index contributed by atoms with van der Waals surface area (Å²) in [5.41, 5.74) is 0.858. The fourth-order valence-corrected chi connectivity index (χ4v) is 3.60. The summed E-state index contributed by atoms with van der Waals surface area (Å²) in [5, 5.41) is 22.4. The highest BCUT2D eigenvalue weighted by Gasteiger charge is 2.45. The minimum absolute atomic E-state index is 0.232. The van der Waals surface area contributed by atoms with Gasteiger partial charge in [-0.05, 0) is 34.1 Å². The van der Waals surface area contributed by atoms with E-state index in [1.807, 2.05) is 17.0 Å². The van der Waals surface area contributed by atoms with Crippen molar-refractivity contribution in [1.82, 2.24) is 4.90 Å². The lowest BCUT2D eigenvalue weighted by molar-refractivity contribution is -0.0750. The Balaban J connectivity index is 2.17. The van der Waals surface area contributed by atoms with Crippen LogP contribution in [-0.2, 0) is 21.3 Å². The molecular formula is C20H30N2O3. The zero-order valence-corrected chi connectivity index (χ0v) is 16.2. The number of nitrogens with zero attached hydrogens (tertiary/aromatic N) is 2. The average Bonchev–Trinajstić information content (AvgIpc) is 2.84. The molecule has 2 aliphatic heterocycles. The standard InChI is InChI=1S/C20H30N2O3/c1-18(2,3)14-9-13(10-15(17(14)23)19(4,5)6)20(24)12-21-16-11-25-8-7-22(16)20/h9-10,23-24H,7-8,11-12H2,1-6H3. The van der Waals surface area contributed by atoms with Crippen molar-refractivity contribution in [3.05, 3.63) is 28.8 Å². The number of ether oxygens (including phenoxy) is 1. The first-order valence-corrected chi connectivity index (χ1v) is 8.94. The van der Waals surface area contributed by atoms with Crippen molar-refractivity contribution in [1.29, 1.82) is 0 Å². The summed E-state index contributed by atoms with van der Waals surface area (Å²) in [6.45, 7) is 14.4. The summed E-state index contributed by atoms with van der Waals surface area (Å²) in [6, 6.07) is 3.89. The van der Waals surface area contributed by atoms with Crippen LogP contribution >= 0.6 is 0 Å². The third-order valence-electron chi connectivity index (χ3n) is 5.12. The second kappa shape index (κ2) is 5.71. The van der Waals surface area contributed by atoms with Gasteiger partial charge in [-0.3, -0.25) is 4.99 Å². The maximum absolute atomic E-state index is 11.5. The predicted molar refractivity (Wildman–Crippen MR) is 99.2 cm³/mol. The fourth-order valence-electron chi connectivity index (χ4n) is 3.60. The van der Waals surface area contributed by atoms with Crippen molar-refractivity contribution in [2.24, 2.45) is 4.99 Å². The molecule has 3 rings (SSSR count). The topological polar surface area (TPSA) is 65.3 Å². The minimum atomic E-state index is -1.17. The summed E-state index contributed by atoms with van der Waals surface area (Å²) in [5.74, 6) is 1.13. The number of aliphatic hydroxyl groups is 1. The van der Waals surface area contributed by atoms with Gasteiger partial charge in [0.15, 0.2) is 5.72 Å². The maximum atomic E-state index is 11.5. The van der Waals surface area contributed by atoms with E-state index in [2.05, 4.69) is 46.5 Å². The molecule has 2 heterocycles. The summed E-state index contributed by atoms with van der Waals surface area (Å²) in [6.07, 6.45) is 0. The average molecular weight is 346 g/mol. The van der Waals surface area contributed by atoms with Crippen LogP contribution in [0.4, 0.5) is 0 Å². The van der Waals surface area contributed by atoms with E-state index in [-0.39, 0.29) is 10.8 Å². The third-order valence-corrected chi connectivity index (χ3v) is 5.12. The van der Waals surface area contributed by atoms with E-state index in [9.17, 15) is 10.2 Å². The van der Waals surface area contributed by atoms with Crippen LogP contribution in [-0.4, -0.2) is 47.3 Å². The Kier molecular flexibility index (Phi) is 4.16. The number of fused-ring (bicyclic) bond motifs is 1. The molecule has 0 saturated carbocycles. The van der Waals surface area contributed by atoms with Gasteiger partial charge in [-0.25, -0.2) is 0 Å². The Morgan fingerprint density at radius 2 is 1.64 bits per heavy atom. The van der Waals surface area contributed by atoms with Gasteiger partial charge in [-0.1, -0.05) is 41.5 Å². The Bertz CT molecular complexity index is 678. The molecule has 0 amide bonds. The van der Waals surface area contributed by atoms with Crippen LogP contribution in [0.25, 0.3) is 0 Å². The lowest BCUT2D eigenvalue weighted by Crippen LogP contribution is -2.52. The highest BCUT2D eigenvalue weighted by Crippen LogP contribution is 2.43. The van der Waals surface area contributed by atoms with Crippen molar-refractivity contribution in [3.8, 4) is 5.75 Å². The highest BCUT2D eigenvalue weighted by molar-refractivity contribution is 5.86. The minimum Gasteiger partial charge on any atom is -0.507 e. The Labute approximate surface area is 150 Å². The number of phenolic OH excluding ortho intramolecular Hbond substituents is 1. The molecule has 138 valence electrons. The normalized spacial score (nSPS) is 24.3. The van der Waals surface area contributed by atoms with Gasteiger partial charge < -0.3 is 19.8 Å². The molecule has 0 spiro atoms. The summed E-state index contributed by atoms with van der Waals surface area (Å²) < 4.78 is 5.46. The van der Waals surface area contributed by atoms with E-state index < -0.39 is 5.72 Å². The molecule has 5 nitrogen and oxygen atoms in total. The molecule has 1 unspecified atom stereocenters. The van der Waals surface area contributed by atoms with Gasteiger partial charge >= 0.3 is 0 Å². The van der Waals surface area contributed by atoms with Crippen LogP contribution in [0.15, 0.2) is 17.1 Å². The van der Waals surface area contributed by atoms with E-state index in [0.717, 1.165) is 22.5 Å². The van der Waals surface area contributed by atoms with Crippen LogP contribution in [0, 0.1) is 0 Å². The van der Waals surface area contributed by atoms with Crippen LogP contribution in [0.5, 0.6) is 5.75 Å². The van der Waals surface area contributed by atoms with Crippen molar-refractivity contribution >= 4 is 5.84 Å². The number of benzene rings is 1. The largest absolute Gasteiger partial charge is 0.507 e. The van der Waals surface area contributed by atoms with Crippen LogP contribution < -0.4 is 0 Å². The van der Waals surface area contributed by atoms with Crippen molar-refractivity contribution in [3.63, 3.8) is 0 Å². The van der Waals surface area contributed by atoms with Crippen LogP contribution in [0.3, 0.4) is 0 Å². The number of hydrogen-bond acceptors (Lipinski definition) is 5. The molecule has 5 heteroatoms. The molecule has 2 N–H and O–H groups in total. The van der Waals surface area contributed by atoms with Crippen molar-refractivity contribution in [2.75, 3.05) is 26.3 Å². The molecule has 2 aliphatic rings. The Morgan fingerprint density at radius 1 is 1.08 bits per heavy atom. The van der Waals surface area contributed by atoms with Gasteiger partial charge in [0, 0.05) is 12.1 Å². The van der Waals surface area contributed by atoms with E-state index in [0.29, 0.717) is 32.1 Å². The first-order chi connectivity index (χ1) is 11.4. The lowest BCUT2D eigenvalue weighted by Gasteiger charge is -2.39. The third kappa shape index (κ3) is 3.04. The lowest BCUT2D eigenvalue weighted by atomic mass is 9.77. The van der Waals surface area contributed by atoms with Gasteiger partial charge in [-0.2, -0.15) is 0 Å². The van der Waals surface area contributed by atoms with E-state index in [1.54, 1.807) is 0 Å². The number of hydrogen-bond donors (Lipinski definition) is 2. The Hall–Kier alpha value is -1.59. The maximum Gasteiger partial charge on any atom is 0.185 e. The number of rotatable bonds is 1.